The number of ether oxygens (including phenoxy) is 4. The maximum absolute atomic E-state index is 11.1. The number of aryl methyl sites for hydroxylation is 1. The van der Waals surface area contributed by atoms with Gasteiger partial charge in [0.25, 0.3) is 0 Å². The van der Waals surface area contributed by atoms with E-state index in [1.165, 1.54) is 0 Å². The molecular formula is C21H19ClO6. The average Bonchev–Trinajstić information content (AvgIpc) is 3.36. The van der Waals surface area contributed by atoms with Crippen LogP contribution in [0.2, 0.25) is 0 Å². The summed E-state index contributed by atoms with van der Waals surface area (Å²) in [7, 11) is 1.61. The fourth-order valence-electron chi connectivity index (χ4n) is 3.17. The van der Waals surface area contributed by atoms with Gasteiger partial charge in [-0.3, -0.25) is 4.79 Å². The van der Waals surface area contributed by atoms with Gasteiger partial charge in [-0.25, -0.2) is 0 Å². The van der Waals surface area contributed by atoms with Crippen LogP contribution in [0.4, 0.5) is 0 Å². The summed E-state index contributed by atoms with van der Waals surface area (Å²) in [5, 5.41) is 0.944. The maximum Gasteiger partial charge on any atom is 0.320 e. The van der Waals surface area contributed by atoms with E-state index >= 15 is 0 Å². The van der Waals surface area contributed by atoms with Crippen LogP contribution in [-0.2, 0) is 16.0 Å². The fraction of sp³-hybridized carbons (Fsp3) is 0.286. The van der Waals surface area contributed by atoms with Crippen molar-refractivity contribution >= 4 is 28.5 Å². The molecule has 0 unspecified atom stereocenters. The molecule has 2 heterocycles. The van der Waals surface area contributed by atoms with Crippen molar-refractivity contribution in [3.05, 3.63) is 42.0 Å². The molecule has 146 valence electrons. The van der Waals surface area contributed by atoms with E-state index in [1.807, 2.05) is 30.3 Å². The predicted molar refractivity (Wildman–Crippen MR) is 104 cm³/mol. The Bertz CT molecular complexity index is 1010. The minimum atomic E-state index is -0.405. The summed E-state index contributed by atoms with van der Waals surface area (Å²) in [5.74, 6) is 2.29. The largest absolute Gasteiger partial charge is 0.493 e. The third-order valence-corrected chi connectivity index (χ3v) is 4.72. The molecule has 0 spiro atoms. The zero-order valence-electron chi connectivity index (χ0n) is 15.3. The normalized spacial score (nSPS) is 12.4. The number of carbonyl (C=O) groups is 1. The second kappa shape index (κ2) is 8.02. The fourth-order valence-corrected chi connectivity index (χ4v) is 3.25. The van der Waals surface area contributed by atoms with Crippen LogP contribution in [0.5, 0.6) is 17.2 Å². The molecule has 0 fully saturated rings. The molecule has 0 saturated carbocycles. The Labute approximate surface area is 166 Å². The van der Waals surface area contributed by atoms with Gasteiger partial charge >= 0.3 is 5.97 Å². The molecule has 6 nitrogen and oxygen atoms in total. The number of rotatable bonds is 7. The van der Waals surface area contributed by atoms with Crippen molar-refractivity contribution in [1.29, 1.82) is 0 Å². The first-order valence-corrected chi connectivity index (χ1v) is 9.43. The van der Waals surface area contributed by atoms with Crippen molar-refractivity contribution in [3.63, 3.8) is 0 Å². The molecule has 0 saturated heterocycles. The lowest BCUT2D eigenvalue weighted by molar-refractivity contribution is -0.140. The Morgan fingerprint density at radius 1 is 1.14 bits per heavy atom. The van der Waals surface area contributed by atoms with Crippen molar-refractivity contribution < 1.29 is 28.2 Å². The van der Waals surface area contributed by atoms with Gasteiger partial charge in [0, 0.05) is 10.9 Å². The van der Waals surface area contributed by atoms with Crippen LogP contribution in [-0.4, -0.2) is 32.4 Å². The summed E-state index contributed by atoms with van der Waals surface area (Å²) >= 11 is 5.42. The standard InChI is InChI=1S/C21H19ClO6/c1-24-19-8-13(3-2-6-25-20(23)11-22)7-15-10-17(28-21(15)19)14-4-5-16-18(9-14)27-12-26-16/h4-5,7-10H,2-3,6,11-12H2,1H3. The number of alkyl halides is 1. The highest BCUT2D eigenvalue weighted by atomic mass is 35.5. The van der Waals surface area contributed by atoms with Gasteiger partial charge in [0.05, 0.1) is 13.7 Å². The molecule has 2 aromatic carbocycles. The monoisotopic (exact) mass is 402 g/mol. The quantitative estimate of drug-likeness (QED) is 0.328. The highest BCUT2D eigenvalue weighted by Crippen LogP contribution is 2.39. The number of methoxy groups -OCH3 is 1. The van der Waals surface area contributed by atoms with E-state index in [0.717, 1.165) is 34.4 Å². The lowest BCUT2D eigenvalue weighted by atomic mass is 10.1. The lowest BCUT2D eigenvalue weighted by Crippen LogP contribution is -2.07. The van der Waals surface area contributed by atoms with Crippen molar-refractivity contribution in [3.8, 4) is 28.6 Å². The molecule has 0 bridgehead atoms. The first-order valence-electron chi connectivity index (χ1n) is 8.90. The molecule has 1 aromatic heterocycles. The zero-order valence-corrected chi connectivity index (χ0v) is 16.1. The van der Waals surface area contributed by atoms with E-state index in [9.17, 15) is 4.79 Å². The number of esters is 1. The van der Waals surface area contributed by atoms with Crippen LogP contribution in [0, 0.1) is 0 Å². The van der Waals surface area contributed by atoms with Crippen molar-refractivity contribution in [2.45, 2.75) is 12.8 Å². The van der Waals surface area contributed by atoms with E-state index in [2.05, 4.69) is 6.07 Å². The van der Waals surface area contributed by atoms with Crippen molar-refractivity contribution in [2.75, 3.05) is 26.4 Å². The van der Waals surface area contributed by atoms with Crippen LogP contribution in [0.3, 0.4) is 0 Å². The molecule has 3 aromatic rings. The molecule has 0 amide bonds. The van der Waals surface area contributed by atoms with Gasteiger partial charge in [0.2, 0.25) is 6.79 Å². The first-order chi connectivity index (χ1) is 13.7. The molecule has 0 radical (unpaired) electrons. The molecular weight excluding hydrogens is 384 g/mol. The number of benzene rings is 2. The van der Waals surface area contributed by atoms with Crippen molar-refractivity contribution in [2.24, 2.45) is 0 Å². The molecule has 28 heavy (non-hydrogen) atoms. The number of furan rings is 1. The van der Waals surface area contributed by atoms with E-state index in [0.29, 0.717) is 30.1 Å². The Kier molecular flexibility index (Phi) is 5.30. The second-order valence-electron chi connectivity index (χ2n) is 6.35. The van der Waals surface area contributed by atoms with Crippen LogP contribution < -0.4 is 14.2 Å². The van der Waals surface area contributed by atoms with Gasteiger partial charge in [0.1, 0.15) is 11.6 Å². The van der Waals surface area contributed by atoms with Crippen LogP contribution in [0.25, 0.3) is 22.3 Å². The van der Waals surface area contributed by atoms with E-state index in [1.54, 1.807) is 7.11 Å². The lowest BCUT2D eigenvalue weighted by Gasteiger charge is -2.06. The Hall–Kier alpha value is -2.86. The van der Waals surface area contributed by atoms with E-state index < -0.39 is 5.97 Å². The molecule has 0 atom stereocenters. The molecule has 1 aliphatic heterocycles. The molecule has 7 heteroatoms. The Balaban J connectivity index is 1.57. The smallest absolute Gasteiger partial charge is 0.320 e. The van der Waals surface area contributed by atoms with E-state index in [-0.39, 0.29) is 12.7 Å². The van der Waals surface area contributed by atoms with Crippen LogP contribution >= 0.6 is 11.6 Å². The minimum absolute atomic E-state index is 0.128. The SMILES string of the molecule is COc1cc(CCCOC(=O)CCl)cc2cc(-c3ccc4c(c3)OCO4)oc12. The summed E-state index contributed by atoms with van der Waals surface area (Å²) in [5.41, 5.74) is 2.66. The summed E-state index contributed by atoms with van der Waals surface area (Å²) < 4.78 is 27.4. The molecule has 4 rings (SSSR count). The van der Waals surface area contributed by atoms with Crippen LogP contribution in [0.1, 0.15) is 12.0 Å². The summed E-state index contributed by atoms with van der Waals surface area (Å²) in [6.07, 6.45) is 1.44. The van der Waals surface area contributed by atoms with Gasteiger partial charge in [-0.1, -0.05) is 0 Å². The van der Waals surface area contributed by atoms with Gasteiger partial charge < -0.3 is 23.4 Å². The van der Waals surface area contributed by atoms with E-state index in [4.69, 9.17) is 35.0 Å². The third-order valence-electron chi connectivity index (χ3n) is 4.50. The summed E-state index contributed by atoms with van der Waals surface area (Å²) in [6, 6.07) is 11.7. The number of halogens is 1. The number of hydrogen-bond donors (Lipinski definition) is 0. The topological polar surface area (TPSA) is 67.1 Å². The molecule has 0 aliphatic carbocycles. The summed E-state index contributed by atoms with van der Waals surface area (Å²) in [4.78, 5) is 11.1. The third kappa shape index (κ3) is 3.73. The van der Waals surface area contributed by atoms with Gasteiger partial charge in [0.15, 0.2) is 22.8 Å². The highest BCUT2D eigenvalue weighted by Gasteiger charge is 2.17. The van der Waals surface area contributed by atoms with Crippen LogP contribution in [0.15, 0.2) is 40.8 Å². The Morgan fingerprint density at radius 2 is 2.00 bits per heavy atom. The van der Waals surface area contributed by atoms with Gasteiger partial charge in [-0.05, 0) is 54.8 Å². The highest BCUT2D eigenvalue weighted by molar-refractivity contribution is 6.26. The number of carbonyl (C=O) groups excluding carboxylic acids is 1. The molecule has 0 N–H and O–H groups in total. The van der Waals surface area contributed by atoms with Crippen molar-refractivity contribution in [1.82, 2.24) is 0 Å². The van der Waals surface area contributed by atoms with Gasteiger partial charge in [-0.2, -0.15) is 0 Å². The Morgan fingerprint density at radius 3 is 2.82 bits per heavy atom. The number of fused-ring (bicyclic) bond motifs is 2. The first kappa shape index (κ1) is 18.5. The second-order valence-corrected chi connectivity index (χ2v) is 6.62. The maximum atomic E-state index is 11.1. The number of hydrogen-bond acceptors (Lipinski definition) is 6. The molecule has 1 aliphatic rings. The zero-order chi connectivity index (χ0) is 19.5. The average molecular weight is 403 g/mol. The summed E-state index contributed by atoms with van der Waals surface area (Å²) in [6.45, 7) is 0.566. The minimum Gasteiger partial charge on any atom is -0.493 e. The van der Waals surface area contributed by atoms with Gasteiger partial charge in [-0.15, -0.1) is 11.6 Å². The predicted octanol–water partition coefficient (Wildman–Crippen LogP) is 4.55.